The van der Waals surface area contributed by atoms with Gasteiger partial charge in [0.1, 0.15) is 30.0 Å². The van der Waals surface area contributed by atoms with Gasteiger partial charge in [-0.3, -0.25) is 9.59 Å². The molecule has 0 aliphatic carbocycles. The van der Waals surface area contributed by atoms with E-state index in [1.165, 1.54) is 14.2 Å². The maximum atomic E-state index is 14.0. The molecule has 0 saturated carbocycles. The number of H-pyrrole nitrogens is 2. The van der Waals surface area contributed by atoms with Gasteiger partial charge in [-0.15, -0.1) is 0 Å². The summed E-state index contributed by atoms with van der Waals surface area (Å²) in [6, 6.07) is 23.6. The van der Waals surface area contributed by atoms with Crippen LogP contribution in [-0.2, 0) is 30.4 Å². The molecule has 5 N–H and O–H groups in total. The van der Waals surface area contributed by atoms with Gasteiger partial charge in [-0.2, -0.15) is 0 Å². The lowest BCUT2D eigenvalue weighted by atomic mass is 9.92. The number of aromatic amines is 2. The lowest BCUT2D eigenvalue weighted by Gasteiger charge is -2.32. The molecule has 4 aromatic carbocycles. The number of nitrogens with zero attached hydrogens (tertiary/aromatic N) is 4. The van der Waals surface area contributed by atoms with Gasteiger partial charge in [0.25, 0.3) is 0 Å². The van der Waals surface area contributed by atoms with Gasteiger partial charge in [-0.1, -0.05) is 62.4 Å². The van der Waals surface area contributed by atoms with E-state index >= 15 is 0 Å². The quantitative estimate of drug-likeness (QED) is 0.104. The van der Waals surface area contributed by atoms with Crippen molar-refractivity contribution in [2.24, 2.45) is 17.6 Å². The number of benzene rings is 4. The predicted octanol–water partition coefficient (Wildman–Crippen LogP) is 8.15. The third kappa shape index (κ3) is 9.01. The summed E-state index contributed by atoms with van der Waals surface area (Å²) in [5.41, 5.74) is 12.2. The number of imidazole rings is 2. The maximum absolute atomic E-state index is 14.0. The van der Waals surface area contributed by atoms with Crippen molar-refractivity contribution in [1.82, 2.24) is 35.1 Å². The van der Waals surface area contributed by atoms with E-state index in [0.29, 0.717) is 19.8 Å². The number of hydrogen-bond donors (Lipinski definition) is 4. The van der Waals surface area contributed by atoms with Gasteiger partial charge in [0.2, 0.25) is 11.8 Å². The van der Waals surface area contributed by atoms with E-state index in [9.17, 15) is 19.2 Å². The minimum atomic E-state index is -0.745. The molecular weight excluding hydrogens is 841 g/mol. The van der Waals surface area contributed by atoms with Crippen LogP contribution in [-0.4, -0.2) is 100 Å². The topological polar surface area (TPSA) is 207 Å². The number of primary amides is 1. The molecule has 2 aromatic heterocycles. The Hall–Kier alpha value is -6.94. The molecule has 0 spiro atoms. The first-order valence-electron chi connectivity index (χ1n) is 22.4. The highest BCUT2D eigenvalue weighted by atomic mass is 16.5. The lowest BCUT2D eigenvalue weighted by Crippen LogP contribution is -2.52. The summed E-state index contributed by atoms with van der Waals surface area (Å²) in [6.07, 6.45) is 2.85. The third-order valence-corrected chi connectivity index (χ3v) is 13.2. The zero-order chi connectivity index (χ0) is 46.8. The van der Waals surface area contributed by atoms with Crippen LogP contribution in [0.3, 0.4) is 0 Å². The molecule has 16 heteroatoms. The largest absolute Gasteiger partial charge is 0.488 e. The number of carbonyl (C=O) groups excluding carboxylic acids is 4. The van der Waals surface area contributed by atoms with Crippen LogP contribution >= 0.6 is 0 Å². The Balaban J connectivity index is 0.00000112. The van der Waals surface area contributed by atoms with Gasteiger partial charge < -0.3 is 49.8 Å². The molecule has 5 heterocycles. The number of rotatable bonds is 10. The molecule has 346 valence electrons. The van der Waals surface area contributed by atoms with E-state index in [1.54, 1.807) is 7.11 Å². The zero-order valence-corrected chi connectivity index (χ0v) is 38.4. The van der Waals surface area contributed by atoms with Crippen molar-refractivity contribution in [1.29, 1.82) is 0 Å². The fourth-order valence-electron chi connectivity index (χ4n) is 9.68. The minimum absolute atomic E-state index is 0.0178. The molecule has 66 heavy (non-hydrogen) atoms. The van der Waals surface area contributed by atoms with Crippen LogP contribution in [0.15, 0.2) is 79.0 Å². The number of likely N-dealkylation sites (tertiary alicyclic amines) is 2. The first kappa shape index (κ1) is 45.6. The number of fused-ring (bicyclic) bond motifs is 6. The van der Waals surface area contributed by atoms with Crippen molar-refractivity contribution in [2.75, 3.05) is 34.5 Å². The Labute approximate surface area is 383 Å². The third-order valence-electron chi connectivity index (χ3n) is 13.2. The van der Waals surface area contributed by atoms with E-state index in [2.05, 4.69) is 62.2 Å². The first-order chi connectivity index (χ1) is 31.8. The molecule has 2 saturated heterocycles. The maximum Gasteiger partial charge on any atom is 0.407 e. The van der Waals surface area contributed by atoms with Crippen molar-refractivity contribution in [2.45, 2.75) is 83.6 Å². The van der Waals surface area contributed by atoms with Crippen molar-refractivity contribution in [3.05, 3.63) is 102 Å². The molecule has 3 aliphatic rings. The van der Waals surface area contributed by atoms with Gasteiger partial charge in [-0.25, -0.2) is 19.6 Å². The van der Waals surface area contributed by atoms with E-state index in [4.69, 9.17) is 24.2 Å². The number of amides is 4. The molecule has 0 radical (unpaired) electrons. The average Bonchev–Trinajstić information content (AvgIpc) is 4.16. The Bertz CT molecular complexity index is 2750. The van der Waals surface area contributed by atoms with Crippen LogP contribution < -0.4 is 15.8 Å². The van der Waals surface area contributed by atoms with Crippen LogP contribution in [0, 0.1) is 11.8 Å². The number of methoxy groups -OCH3 is 3. The number of aromatic nitrogens is 4. The molecule has 2 fully saturated rings. The van der Waals surface area contributed by atoms with Crippen LogP contribution in [0.25, 0.3) is 44.2 Å². The van der Waals surface area contributed by atoms with Crippen molar-refractivity contribution < 1.29 is 38.1 Å². The highest BCUT2D eigenvalue weighted by Gasteiger charge is 2.42. The van der Waals surface area contributed by atoms with Gasteiger partial charge in [0, 0.05) is 36.6 Å². The van der Waals surface area contributed by atoms with Crippen LogP contribution in [0.4, 0.5) is 9.59 Å². The molecule has 3 aliphatic heterocycles. The van der Waals surface area contributed by atoms with Gasteiger partial charge in [0.05, 0.1) is 61.8 Å². The zero-order valence-electron chi connectivity index (χ0n) is 38.4. The van der Waals surface area contributed by atoms with E-state index in [0.717, 1.165) is 92.0 Å². The van der Waals surface area contributed by atoms with Crippen LogP contribution in [0.1, 0.15) is 87.7 Å². The summed E-state index contributed by atoms with van der Waals surface area (Å²) in [6.45, 7) is 9.46. The molecular formula is C50H58N8O8. The van der Waals surface area contributed by atoms with Crippen molar-refractivity contribution in [3.63, 3.8) is 0 Å². The fourth-order valence-corrected chi connectivity index (χ4v) is 9.68. The number of nitrogens with one attached hydrogen (secondary N) is 3. The van der Waals surface area contributed by atoms with Crippen LogP contribution in [0.2, 0.25) is 0 Å². The first-order valence-corrected chi connectivity index (χ1v) is 22.4. The van der Waals surface area contributed by atoms with Crippen LogP contribution in [0.5, 0.6) is 5.75 Å². The Morgan fingerprint density at radius 1 is 0.894 bits per heavy atom. The summed E-state index contributed by atoms with van der Waals surface area (Å²) in [4.78, 5) is 70.4. The predicted molar refractivity (Wildman–Crippen MR) is 249 cm³/mol. The van der Waals surface area contributed by atoms with Gasteiger partial charge >= 0.3 is 12.2 Å². The summed E-state index contributed by atoms with van der Waals surface area (Å²) in [5, 5.41) is 4.74. The molecule has 0 bridgehead atoms. The summed E-state index contributed by atoms with van der Waals surface area (Å²) >= 11 is 0. The fraction of sp³-hybridized carbons (Fsp3) is 0.400. The minimum Gasteiger partial charge on any atom is -0.488 e. The number of hydrogen-bond acceptors (Lipinski definition) is 10. The monoisotopic (exact) mass is 898 g/mol. The standard InChI is InChI=1S/C48H53N7O6.C2H5NO2/c1-26(2)42(53-48(58)60-6)47(57)55-27(3)12-17-39(55)45-50-37-16-14-31-20-36-34-15-13-32(19-33(34)25-61-41(36)21-35(31)43(37)52-45)38-22-49-44(51-38)40-18-29(24-59-5)23-54(40)46(56)28(4)30-10-8-7-9-11-30;1-5-2(3)4/h7-11,13-16,19-22,26-29,39-40,42H,12,17-18,23-25H2,1-6H3,(H,49,51)(H,50,52)(H,53,58);1H3,(H2,3,4)/t27-,28?,29?,39-,40?,42?;/m0./s1. The highest BCUT2D eigenvalue weighted by molar-refractivity contribution is 6.07. The highest BCUT2D eigenvalue weighted by Crippen LogP contribution is 2.44. The van der Waals surface area contributed by atoms with Crippen molar-refractivity contribution >= 4 is 45.8 Å². The molecule has 9 rings (SSSR count). The number of alkyl carbamates (subject to hydrolysis) is 1. The molecule has 16 nitrogen and oxygen atoms in total. The summed E-state index contributed by atoms with van der Waals surface area (Å²) in [7, 11) is 4.23. The number of carbonyl (C=O) groups is 4. The molecule has 6 aromatic rings. The summed E-state index contributed by atoms with van der Waals surface area (Å²) in [5.74, 6) is 2.06. The van der Waals surface area contributed by atoms with E-state index < -0.39 is 18.2 Å². The van der Waals surface area contributed by atoms with Crippen molar-refractivity contribution in [3.8, 4) is 28.1 Å². The average molecular weight is 899 g/mol. The second-order valence-corrected chi connectivity index (χ2v) is 17.8. The molecule has 4 amide bonds. The Morgan fingerprint density at radius 2 is 1.67 bits per heavy atom. The normalized spacial score (nSPS) is 19.6. The second kappa shape index (κ2) is 19.3. The Morgan fingerprint density at radius 3 is 2.38 bits per heavy atom. The van der Waals surface area contributed by atoms with Gasteiger partial charge in [0.15, 0.2) is 0 Å². The number of nitrogens with two attached hydrogens (primary N) is 1. The van der Waals surface area contributed by atoms with E-state index in [1.807, 2.05) is 80.1 Å². The van der Waals surface area contributed by atoms with Gasteiger partial charge in [-0.05, 0) is 90.9 Å². The van der Waals surface area contributed by atoms with E-state index in [-0.39, 0.29) is 47.7 Å². The molecule has 6 atom stereocenters. The SMILES string of the molecule is COC(N)=O.COCC1CC(c2ncc(-c3ccc4c(c3)COc3cc5c(ccc6[nH]c([C@@H]7CC[C@H](C)N7C(=O)C(NC(=O)OC)C(C)C)nc65)cc3-4)[nH]2)N(C(=O)C(C)c2ccccc2)C1. The summed E-state index contributed by atoms with van der Waals surface area (Å²) < 4.78 is 20.7. The lowest BCUT2D eigenvalue weighted by molar-refractivity contribution is -0.137. The Kier molecular flexibility index (Phi) is 13.3. The smallest absolute Gasteiger partial charge is 0.407 e. The second-order valence-electron chi connectivity index (χ2n) is 17.8. The molecule has 4 unspecified atom stereocenters. The number of ether oxygens (including phenoxy) is 4.